The highest BCUT2D eigenvalue weighted by atomic mass is 79.9. The van der Waals surface area contributed by atoms with Crippen molar-refractivity contribution in [3.8, 4) is 0 Å². The average Bonchev–Trinajstić information content (AvgIpc) is 2.91. The van der Waals surface area contributed by atoms with E-state index in [9.17, 15) is 18.0 Å². The van der Waals surface area contributed by atoms with Crippen molar-refractivity contribution in [3.63, 3.8) is 0 Å². The molecular weight excluding hydrogens is 391 g/mol. The van der Waals surface area contributed by atoms with Crippen molar-refractivity contribution in [2.24, 2.45) is 0 Å². The van der Waals surface area contributed by atoms with Gasteiger partial charge in [0.2, 0.25) is 0 Å². The Kier molecular flexibility index (Phi) is 3.99. The zero-order chi connectivity index (χ0) is 17.5. The van der Waals surface area contributed by atoms with Crippen LogP contribution >= 0.6 is 15.9 Å². The lowest BCUT2D eigenvalue weighted by molar-refractivity contribution is -0.142. The van der Waals surface area contributed by atoms with Gasteiger partial charge in [0, 0.05) is 22.4 Å². The number of alkyl halides is 3. The van der Waals surface area contributed by atoms with E-state index in [1.165, 1.54) is 19.2 Å². The number of aromatic nitrogens is 4. The zero-order valence-electron chi connectivity index (χ0n) is 12.1. The normalized spacial score (nSPS) is 11.7. The Bertz CT molecular complexity index is 921. The summed E-state index contributed by atoms with van der Waals surface area (Å²) in [7, 11) is 0. The Morgan fingerprint density at radius 3 is 2.67 bits per heavy atom. The third-order valence-electron chi connectivity index (χ3n) is 3.05. The van der Waals surface area contributed by atoms with Gasteiger partial charge in [0.15, 0.2) is 11.3 Å². The van der Waals surface area contributed by atoms with Crippen LogP contribution in [0.15, 0.2) is 34.9 Å². The van der Waals surface area contributed by atoms with Crippen LogP contribution < -0.4 is 5.32 Å². The van der Waals surface area contributed by atoms with E-state index in [4.69, 9.17) is 0 Å². The summed E-state index contributed by atoms with van der Waals surface area (Å²) in [5.74, 6) is -0.429. The number of nitrogens with zero attached hydrogens (tertiary/aromatic N) is 4. The molecule has 0 radical (unpaired) electrons. The third kappa shape index (κ3) is 3.23. The molecule has 0 aromatic carbocycles. The van der Waals surface area contributed by atoms with Crippen molar-refractivity contribution in [2.45, 2.75) is 13.1 Å². The van der Waals surface area contributed by atoms with Gasteiger partial charge in [-0.25, -0.2) is 14.5 Å². The van der Waals surface area contributed by atoms with E-state index in [-0.39, 0.29) is 22.9 Å². The second kappa shape index (κ2) is 5.86. The summed E-state index contributed by atoms with van der Waals surface area (Å²) in [4.78, 5) is 20.1. The van der Waals surface area contributed by atoms with Gasteiger partial charge in [0.25, 0.3) is 5.91 Å². The number of nitrogens with one attached hydrogen (secondary N) is 1. The SMILES string of the molecule is Cc1cc(C(F)(F)F)n2nc(C(=O)Nc3ccc(Br)cn3)cc2n1. The Morgan fingerprint density at radius 1 is 1.29 bits per heavy atom. The van der Waals surface area contributed by atoms with E-state index >= 15 is 0 Å². The fraction of sp³-hybridized carbons (Fsp3) is 0.143. The number of anilines is 1. The molecule has 0 aliphatic heterocycles. The molecule has 3 rings (SSSR count). The van der Waals surface area contributed by atoms with Crippen LogP contribution in [0.2, 0.25) is 0 Å². The van der Waals surface area contributed by atoms with Gasteiger partial charge >= 0.3 is 6.18 Å². The number of rotatable bonds is 2. The minimum Gasteiger partial charge on any atom is -0.305 e. The number of halogens is 4. The number of carbonyl (C=O) groups excluding carboxylic acids is 1. The van der Waals surface area contributed by atoms with Gasteiger partial charge in [-0.15, -0.1) is 0 Å². The monoisotopic (exact) mass is 399 g/mol. The van der Waals surface area contributed by atoms with Crippen LogP contribution in [0.25, 0.3) is 5.65 Å². The molecule has 0 fully saturated rings. The molecule has 1 N–H and O–H groups in total. The fourth-order valence-corrected chi connectivity index (χ4v) is 2.28. The van der Waals surface area contributed by atoms with E-state index in [1.807, 2.05) is 0 Å². The van der Waals surface area contributed by atoms with Crippen LogP contribution in [0.5, 0.6) is 0 Å². The number of amides is 1. The van der Waals surface area contributed by atoms with Gasteiger partial charge in [-0.2, -0.15) is 18.3 Å². The first-order valence-electron chi connectivity index (χ1n) is 6.61. The lowest BCUT2D eigenvalue weighted by Gasteiger charge is -2.09. The van der Waals surface area contributed by atoms with Crippen molar-refractivity contribution in [1.82, 2.24) is 19.6 Å². The van der Waals surface area contributed by atoms with E-state index in [0.29, 0.717) is 4.52 Å². The maximum atomic E-state index is 13.1. The largest absolute Gasteiger partial charge is 0.433 e. The van der Waals surface area contributed by atoms with Gasteiger partial charge in [-0.05, 0) is 41.1 Å². The van der Waals surface area contributed by atoms with Gasteiger partial charge in [0.05, 0.1) is 0 Å². The summed E-state index contributed by atoms with van der Waals surface area (Å²) in [6.07, 6.45) is -3.13. The zero-order valence-corrected chi connectivity index (χ0v) is 13.7. The Labute approximate surface area is 141 Å². The predicted octanol–water partition coefficient (Wildman–Crippen LogP) is 3.47. The molecule has 0 bridgehead atoms. The first-order valence-corrected chi connectivity index (χ1v) is 7.41. The second-order valence-corrected chi connectivity index (χ2v) is 5.81. The van der Waals surface area contributed by atoms with Gasteiger partial charge in [-0.3, -0.25) is 4.79 Å². The molecule has 3 aromatic rings. The Hall–Kier alpha value is -2.49. The van der Waals surface area contributed by atoms with E-state index < -0.39 is 17.8 Å². The number of aryl methyl sites for hydroxylation is 1. The van der Waals surface area contributed by atoms with Crippen molar-refractivity contribution >= 4 is 33.3 Å². The molecule has 3 heterocycles. The summed E-state index contributed by atoms with van der Waals surface area (Å²) < 4.78 is 40.6. The molecule has 0 aliphatic carbocycles. The molecule has 1 amide bonds. The first kappa shape index (κ1) is 16.4. The van der Waals surface area contributed by atoms with Crippen molar-refractivity contribution in [1.29, 1.82) is 0 Å². The maximum Gasteiger partial charge on any atom is 0.433 e. The van der Waals surface area contributed by atoms with Crippen molar-refractivity contribution in [3.05, 3.63) is 52.0 Å². The Morgan fingerprint density at radius 2 is 2.04 bits per heavy atom. The van der Waals surface area contributed by atoms with Gasteiger partial charge in [-0.1, -0.05) is 0 Å². The highest BCUT2D eigenvalue weighted by Gasteiger charge is 2.35. The summed E-state index contributed by atoms with van der Waals surface area (Å²) in [5, 5.41) is 6.18. The number of fused-ring (bicyclic) bond motifs is 1. The van der Waals surface area contributed by atoms with Crippen molar-refractivity contribution < 1.29 is 18.0 Å². The van der Waals surface area contributed by atoms with E-state index in [1.54, 1.807) is 12.1 Å². The average molecular weight is 400 g/mol. The molecule has 10 heteroatoms. The van der Waals surface area contributed by atoms with Crippen LogP contribution in [-0.4, -0.2) is 25.5 Å². The summed E-state index contributed by atoms with van der Waals surface area (Å²) in [6.45, 7) is 1.44. The topological polar surface area (TPSA) is 72.2 Å². The minimum absolute atomic E-state index is 0.0590. The highest BCUT2D eigenvalue weighted by molar-refractivity contribution is 9.10. The van der Waals surface area contributed by atoms with Crippen LogP contribution in [0.1, 0.15) is 21.9 Å². The fourth-order valence-electron chi connectivity index (χ4n) is 2.04. The quantitative estimate of drug-likeness (QED) is 0.715. The lowest BCUT2D eigenvalue weighted by Crippen LogP contribution is -2.16. The minimum atomic E-state index is -4.61. The maximum absolute atomic E-state index is 13.1. The lowest BCUT2D eigenvalue weighted by atomic mass is 10.3. The van der Waals surface area contributed by atoms with Gasteiger partial charge < -0.3 is 5.32 Å². The molecule has 6 nitrogen and oxygen atoms in total. The third-order valence-corrected chi connectivity index (χ3v) is 3.52. The van der Waals surface area contributed by atoms with Crippen LogP contribution in [0, 0.1) is 6.92 Å². The molecule has 0 aliphatic rings. The molecule has 3 aromatic heterocycles. The molecule has 24 heavy (non-hydrogen) atoms. The second-order valence-electron chi connectivity index (χ2n) is 4.90. The molecular formula is C14H9BrF3N5O. The molecule has 124 valence electrons. The standard InChI is InChI=1S/C14H9BrF3N5O/c1-7-4-10(14(16,17)18)23-12(20-7)5-9(22-23)13(24)21-11-3-2-8(15)6-19-11/h2-6H,1H3,(H,19,21,24). The number of pyridine rings is 1. The van der Waals surface area contributed by atoms with E-state index in [0.717, 1.165) is 10.5 Å². The highest BCUT2D eigenvalue weighted by Crippen LogP contribution is 2.29. The smallest absolute Gasteiger partial charge is 0.305 e. The molecule has 0 saturated carbocycles. The number of hydrogen-bond acceptors (Lipinski definition) is 4. The van der Waals surface area contributed by atoms with Crippen molar-refractivity contribution in [2.75, 3.05) is 5.32 Å². The van der Waals surface area contributed by atoms with Gasteiger partial charge in [0.1, 0.15) is 11.5 Å². The Balaban J connectivity index is 1.98. The summed E-state index contributed by atoms with van der Waals surface area (Å²) in [6, 6.07) is 5.27. The molecule has 0 spiro atoms. The molecule has 0 unspecified atom stereocenters. The molecule has 0 atom stereocenters. The predicted molar refractivity (Wildman–Crippen MR) is 82.6 cm³/mol. The summed E-state index contributed by atoms with van der Waals surface area (Å²) >= 11 is 3.21. The van der Waals surface area contributed by atoms with E-state index in [2.05, 4.69) is 36.3 Å². The first-order chi connectivity index (χ1) is 11.2. The summed E-state index contributed by atoms with van der Waals surface area (Å²) in [5.41, 5.74) is -1.07. The number of hydrogen-bond donors (Lipinski definition) is 1. The number of carbonyl (C=O) groups is 1. The van der Waals surface area contributed by atoms with Crippen LogP contribution in [-0.2, 0) is 6.18 Å². The van der Waals surface area contributed by atoms with Crippen LogP contribution in [0.4, 0.5) is 19.0 Å². The van der Waals surface area contributed by atoms with Crippen LogP contribution in [0.3, 0.4) is 0 Å². The molecule has 0 saturated heterocycles.